The first-order chi connectivity index (χ1) is 9.76. The molecule has 0 fully saturated rings. The van der Waals surface area contributed by atoms with Crippen LogP contribution in [0.2, 0.25) is 0 Å². The number of aliphatic hydroxyl groups is 1. The van der Waals surface area contributed by atoms with Gasteiger partial charge in [0.2, 0.25) is 0 Å². The van der Waals surface area contributed by atoms with Crippen LogP contribution in [0.3, 0.4) is 0 Å². The Balaban J connectivity index is 2.75. The van der Waals surface area contributed by atoms with Gasteiger partial charge in [0.05, 0.1) is 0 Å². The lowest BCUT2D eigenvalue weighted by atomic mass is 10.1. The topological polar surface area (TPSA) is 20.2 Å². The monoisotopic (exact) mass is 266 g/mol. The molecule has 0 aliphatic rings. The van der Waals surface area contributed by atoms with Crippen molar-refractivity contribution in [3.8, 4) is 11.8 Å². The Labute approximate surface area is 122 Å². The highest BCUT2D eigenvalue weighted by molar-refractivity contribution is 5.46. The molecule has 0 heterocycles. The average Bonchev–Trinajstić information content (AvgIpc) is 2.46. The fraction of sp³-hybridized carbons (Fsp3) is 0.263. The molecule has 1 rings (SSSR count). The fourth-order valence-electron chi connectivity index (χ4n) is 1.58. The van der Waals surface area contributed by atoms with E-state index in [4.69, 9.17) is 5.11 Å². The van der Waals surface area contributed by atoms with Crippen molar-refractivity contribution in [2.24, 2.45) is 0 Å². The van der Waals surface area contributed by atoms with E-state index in [2.05, 4.69) is 30.9 Å². The van der Waals surface area contributed by atoms with Crippen LogP contribution >= 0.6 is 0 Å². The summed E-state index contributed by atoms with van der Waals surface area (Å²) in [5.41, 5.74) is 3.25. The molecule has 1 N–H and O–H groups in total. The first-order valence-electron chi connectivity index (χ1n) is 6.95. The minimum absolute atomic E-state index is 0.239. The smallest absolute Gasteiger partial charge is 0.0433 e. The van der Waals surface area contributed by atoms with Gasteiger partial charge in [-0.05, 0) is 44.9 Å². The van der Waals surface area contributed by atoms with Gasteiger partial charge in [-0.25, -0.2) is 0 Å². The molecule has 1 aromatic rings. The van der Waals surface area contributed by atoms with E-state index in [9.17, 15) is 0 Å². The summed E-state index contributed by atoms with van der Waals surface area (Å²) in [6, 6.07) is 8.20. The number of hydrogen-bond donors (Lipinski definition) is 1. The third-order valence-corrected chi connectivity index (χ3v) is 2.69. The first-order valence-corrected chi connectivity index (χ1v) is 6.95. The number of aryl methyl sites for hydroxylation is 1. The summed E-state index contributed by atoms with van der Waals surface area (Å²) in [5, 5.41) is 8.71. The molecular formula is C19H22O. The molecule has 0 unspecified atom stereocenters. The van der Waals surface area contributed by atoms with Crippen LogP contribution in [0.5, 0.6) is 0 Å². The number of unbranched alkanes of at least 4 members (excludes halogenated alkanes) is 1. The maximum Gasteiger partial charge on any atom is 0.0433 e. The average molecular weight is 266 g/mol. The van der Waals surface area contributed by atoms with Gasteiger partial charge in [0, 0.05) is 17.7 Å². The Bertz CT molecular complexity index is 533. The van der Waals surface area contributed by atoms with E-state index in [-0.39, 0.29) is 6.61 Å². The molecular weight excluding hydrogens is 244 g/mol. The summed E-state index contributed by atoms with van der Waals surface area (Å²) < 4.78 is 0. The highest BCUT2D eigenvalue weighted by Gasteiger charge is 1.87. The molecule has 0 radical (unpaired) electrons. The zero-order chi connectivity index (χ0) is 14.6. The second-order valence-corrected chi connectivity index (χ2v) is 4.53. The van der Waals surface area contributed by atoms with Crippen molar-refractivity contribution in [3.05, 3.63) is 71.3 Å². The zero-order valence-corrected chi connectivity index (χ0v) is 12.3. The SMILES string of the molecule is C\C=C/C(C#Cc1ccc(C)cc1)=C\C=C\CCCO. The molecule has 0 aromatic heterocycles. The van der Waals surface area contributed by atoms with Gasteiger partial charge in [-0.2, -0.15) is 0 Å². The third kappa shape index (κ3) is 6.78. The third-order valence-electron chi connectivity index (χ3n) is 2.69. The quantitative estimate of drug-likeness (QED) is 0.481. The van der Waals surface area contributed by atoms with E-state index in [0.717, 1.165) is 24.0 Å². The Kier molecular flexibility index (Phi) is 7.87. The first kappa shape index (κ1) is 16.0. The standard InChI is InChI=1S/C19H22O/c1-3-8-18(9-6-4-5-7-16-20)14-15-19-12-10-17(2)11-13-19/h3-4,6,8-13,20H,5,7,16H2,1-2H3/b6-4+,8-3-,18-9+. The van der Waals surface area contributed by atoms with Crippen molar-refractivity contribution in [1.29, 1.82) is 0 Å². The Morgan fingerprint density at radius 3 is 2.65 bits per heavy atom. The van der Waals surface area contributed by atoms with Gasteiger partial charge in [-0.1, -0.05) is 53.8 Å². The van der Waals surface area contributed by atoms with E-state index >= 15 is 0 Å². The molecule has 0 saturated heterocycles. The molecule has 0 amide bonds. The van der Waals surface area contributed by atoms with Gasteiger partial charge < -0.3 is 5.11 Å². The van der Waals surface area contributed by atoms with Crippen molar-refractivity contribution in [2.45, 2.75) is 26.7 Å². The summed E-state index contributed by atoms with van der Waals surface area (Å²) in [5.74, 6) is 6.34. The second-order valence-electron chi connectivity index (χ2n) is 4.53. The minimum atomic E-state index is 0.239. The van der Waals surface area contributed by atoms with Crippen LogP contribution in [0, 0.1) is 18.8 Å². The lowest BCUT2D eigenvalue weighted by Gasteiger charge is -1.92. The molecule has 1 aromatic carbocycles. The van der Waals surface area contributed by atoms with Crippen LogP contribution in [-0.2, 0) is 0 Å². The number of rotatable bonds is 5. The zero-order valence-electron chi connectivity index (χ0n) is 12.3. The van der Waals surface area contributed by atoms with Gasteiger partial charge in [0.15, 0.2) is 0 Å². The lowest BCUT2D eigenvalue weighted by Crippen LogP contribution is -1.78. The highest BCUT2D eigenvalue weighted by Crippen LogP contribution is 2.03. The lowest BCUT2D eigenvalue weighted by molar-refractivity contribution is 0.289. The van der Waals surface area contributed by atoms with Crippen LogP contribution in [0.1, 0.15) is 30.9 Å². The van der Waals surface area contributed by atoms with Crippen molar-refractivity contribution >= 4 is 0 Å². The summed E-state index contributed by atoms with van der Waals surface area (Å²) >= 11 is 0. The molecule has 0 saturated carbocycles. The predicted octanol–water partition coefficient (Wildman–Crippen LogP) is 4.18. The van der Waals surface area contributed by atoms with E-state index in [1.54, 1.807) is 0 Å². The molecule has 104 valence electrons. The summed E-state index contributed by atoms with van der Waals surface area (Å²) in [6.45, 7) is 4.29. The van der Waals surface area contributed by atoms with E-state index in [1.807, 2.05) is 49.4 Å². The van der Waals surface area contributed by atoms with E-state index < -0.39 is 0 Å². The van der Waals surface area contributed by atoms with Gasteiger partial charge in [-0.3, -0.25) is 0 Å². The van der Waals surface area contributed by atoms with Gasteiger partial charge in [0.1, 0.15) is 0 Å². The Hall–Kier alpha value is -2.04. The summed E-state index contributed by atoms with van der Waals surface area (Å²) in [7, 11) is 0. The van der Waals surface area contributed by atoms with Crippen molar-refractivity contribution < 1.29 is 5.11 Å². The van der Waals surface area contributed by atoms with Crippen LogP contribution in [-0.4, -0.2) is 11.7 Å². The molecule has 0 atom stereocenters. The van der Waals surface area contributed by atoms with Crippen LogP contribution in [0.15, 0.2) is 60.2 Å². The largest absolute Gasteiger partial charge is 0.396 e. The number of hydrogen-bond acceptors (Lipinski definition) is 1. The van der Waals surface area contributed by atoms with E-state index in [1.165, 1.54) is 5.56 Å². The van der Waals surface area contributed by atoms with Crippen LogP contribution in [0.4, 0.5) is 0 Å². The maximum absolute atomic E-state index is 8.71. The van der Waals surface area contributed by atoms with Crippen molar-refractivity contribution in [2.75, 3.05) is 6.61 Å². The predicted molar refractivity (Wildman–Crippen MR) is 86.4 cm³/mol. The Morgan fingerprint density at radius 1 is 1.25 bits per heavy atom. The molecule has 0 spiro atoms. The summed E-state index contributed by atoms with van der Waals surface area (Å²) in [6.07, 6.45) is 11.7. The normalized spacial score (nSPS) is 11.8. The Morgan fingerprint density at radius 2 is 2.00 bits per heavy atom. The van der Waals surface area contributed by atoms with Gasteiger partial charge in [-0.15, -0.1) is 0 Å². The van der Waals surface area contributed by atoms with Crippen molar-refractivity contribution in [1.82, 2.24) is 0 Å². The fourth-order valence-corrected chi connectivity index (χ4v) is 1.58. The molecule has 1 nitrogen and oxygen atoms in total. The minimum Gasteiger partial charge on any atom is -0.396 e. The number of benzene rings is 1. The van der Waals surface area contributed by atoms with Gasteiger partial charge >= 0.3 is 0 Å². The van der Waals surface area contributed by atoms with Crippen LogP contribution < -0.4 is 0 Å². The molecule has 1 heteroatoms. The van der Waals surface area contributed by atoms with Gasteiger partial charge in [0.25, 0.3) is 0 Å². The molecule has 0 aliphatic heterocycles. The number of aliphatic hydroxyl groups excluding tert-OH is 1. The molecule has 20 heavy (non-hydrogen) atoms. The molecule has 0 bridgehead atoms. The van der Waals surface area contributed by atoms with Crippen molar-refractivity contribution in [3.63, 3.8) is 0 Å². The molecule has 0 aliphatic carbocycles. The van der Waals surface area contributed by atoms with Crippen LogP contribution in [0.25, 0.3) is 0 Å². The summed E-state index contributed by atoms with van der Waals surface area (Å²) in [4.78, 5) is 0. The second kappa shape index (κ2) is 9.83. The highest BCUT2D eigenvalue weighted by atomic mass is 16.2. The number of allylic oxidation sites excluding steroid dienone is 6. The van der Waals surface area contributed by atoms with E-state index in [0.29, 0.717) is 0 Å². The maximum atomic E-state index is 8.71.